The molecule has 0 radical (unpaired) electrons. The lowest BCUT2D eigenvalue weighted by Crippen LogP contribution is -2.09. The predicted molar refractivity (Wildman–Crippen MR) is 243 cm³/mol. The first-order chi connectivity index (χ1) is 30.6. The Morgan fingerprint density at radius 2 is 1.11 bits per heavy atom. The molecular weight excluding hydrogens is 821 g/mol. The average Bonchev–Trinajstić information content (AvgIpc) is 4.14. The van der Waals surface area contributed by atoms with Crippen LogP contribution in [-0.2, 0) is 47.5 Å². The van der Waals surface area contributed by atoms with Crippen molar-refractivity contribution in [3.8, 4) is 0 Å². The summed E-state index contributed by atoms with van der Waals surface area (Å²) in [5.41, 5.74) is 19.1. The fourth-order valence-electron chi connectivity index (χ4n) is 6.91. The molecule has 0 aliphatic carbocycles. The molecule has 0 atom stereocenters. The van der Waals surface area contributed by atoms with Gasteiger partial charge in [-0.2, -0.15) is 0 Å². The minimum absolute atomic E-state index is 0.410. The normalized spacial score (nSPS) is 11.5. The largest absolute Gasteiger partial charge is 0.382 e. The Balaban J connectivity index is 0.000000158. The summed E-state index contributed by atoms with van der Waals surface area (Å²) in [6, 6.07) is 36.4. The number of para-hydroxylation sites is 2. The number of ether oxygens (including phenoxy) is 2. The Labute approximate surface area is 364 Å². The van der Waals surface area contributed by atoms with Crippen molar-refractivity contribution in [3.05, 3.63) is 146 Å². The first kappa shape index (κ1) is 40.5. The highest BCUT2D eigenvalue weighted by molar-refractivity contribution is 7.98. The predicted octanol–water partition coefficient (Wildman–Crippen LogP) is 7.45. The second kappa shape index (κ2) is 19.2. The van der Waals surface area contributed by atoms with Crippen LogP contribution >= 0.6 is 23.5 Å². The van der Waals surface area contributed by atoms with Crippen LogP contribution in [0.5, 0.6) is 0 Å². The molecule has 10 aromatic rings. The van der Waals surface area contributed by atoms with Crippen LogP contribution < -0.4 is 11.5 Å². The molecule has 0 saturated carbocycles. The molecule has 312 valence electrons. The summed E-state index contributed by atoms with van der Waals surface area (Å²) in [6.07, 6.45) is 7.25. The van der Waals surface area contributed by atoms with Gasteiger partial charge in [-0.05, 0) is 36.4 Å². The van der Waals surface area contributed by atoms with E-state index >= 15 is 0 Å². The van der Waals surface area contributed by atoms with Gasteiger partial charge in [0.1, 0.15) is 16.7 Å². The van der Waals surface area contributed by atoms with Gasteiger partial charge in [-0.1, -0.05) is 83.2 Å². The van der Waals surface area contributed by atoms with Crippen molar-refractivity contribution in [3.63, 3.8) is 0 Å². The van der Waals surface area contributed by atoms with E-state index in [1.165, 1.54) is 9.79 Å². The number of nitrogen functional groups attached to an aromatic ring is 2. The highest BCUT2D eigenvalue weighted by Crippen LogP contribution is 2.28. The van der Waals surface area contributed by atoms with Gasteiger partial charge in [-0.25, -0.2) is 29.3 Å². The van der Waals surface area contributed by atoms with Crippen LogP contribution in [0.25, 0.3) is 43.9 Å². The number of anilines is 2. The zero-order chi connectivity index (χ0) is 42.1. The van der Waals surface area contributed by atoms with Crippen molar-refractivity contribution in [1.29, 1.82) is 0 Å². The van der Waals surface area contributed by atoms with Crippen molar-refractivity contribution in [1.82, 2.24) is 59.1 Å². The number of nitrogens with two attached hydrogens (primary N) is 2. The van der Waals surface area contributed by atoms with E-state index in [1.807, 2.05) is 100 Å². The lowest BCUT2D eigenvalue weighted by atomic mass is 10.2. The van der Waals surface area contributed by atoms with Crippen molar-refractivity contribution in [2.45, 2.75) is 47.8 Å². The van der Waals surface area contributed by atoms with Gasteiger partial charge in [0.15, 0.2) is 11.6 Å². The topological polar surface area (TPSA) is 193 Å². The van der Waals surface area contributed by atoms with Crippen LogP contribution in [0.15, 0.2) is 144 Å². The Kier molecular flexibility index (Phi) is 12.6. The third-order valence-electron chi connectivity index (χ3n) is 9.90. The average molecular weight is 863 g/mol. The lowest BCUT2D eigenvalue weighted by Gasteiger charge is -2.09. The molecule has 6 aromatic heterocycles. The third-order valence-corrected chi connectivity index (χ3v) is 11.9. The maximum Gasteiger partial charge on any atom is 0.152 e. The molecule has 0 fully saturated rings. The Bertz CT molecular complexity index is 3040. The zero-order valence-corrected chi connectivity index (χ0v) is 35.1. The SMILES string of the molecule is Nc1nc2ccccc2c2c1ncn2CCOCc1cn(CSc2ccccc2)nn1.Nc1nc2ccccc2c2c1ncn2CCOCc1cnnn1CSc1ccccc1. The highest BCUT2D eigenvalue weighted by atomic mass is 32.2. The van der Waals surface area contributed by atoms with Crippen molar-refractivity contribution < 1.29 is 9.47 Å². The fourth-order valence-corrected chi connectivity index (χ4v) is 8.50. The summed E-state index contributed by atoms with van der Waals surface area (Å²) in [5.74, 6) is 2.28. The molecule has 0 aliphatic rings. The first-order valence-electron chi connectivity index (χ1n) is 19.8. The van der Waals surface area contributed by atoms with Gasteiger partial charge in [0.2, 0.25) is 0 Å². The van der Waals surface area contributed by atoms with Crippen LogP contribution in [0.1, 0.15) is 11.4 Å². The van der Waals surface area contributed by atoms with Gasteiger partial charge in [0, 0.05) is 33.7 Å². The van der Waals surface area contributed by atoms with Gasteiger partial charge < -0.3 is 30.1 Å². The number of pyridine rings is 2. The molecule has 62 heavy (non-hydrogen) atoms. The molecule has 0 spiro atoms. The number of fused-ring (bicyclic) bond motifs is 6. The smallest absolute Gasteiger partial charge is 0.152 e. The molecule has 4 aromatic carbocycles. The molecule has 10 rings (SSSR count). The summed E-state index contributed by atoms with van der Waals surface area (Å²) >= 11 is 3.42. The van der Waals surface area contributed by atoms with E-state index in [4.69, 9.17) is 20.9 Å². The van der Waals surface area contributed by atoms with Gasteiger partial charge in [0.05, 0.1) is 91.0 Å². The van der Waals surface area contributed by atoms with Crippen LogP contribution in [0.3, 0.4) is 0 Å². The van der Waals surface area contributed by atoms with Crippen molar-refractivity contribution >= 4 is 79.0 Å². The molecule has 0 saturated heterocycles. The second-order valence-electron chi connectivity index (χ2n) is 14.1. The number of aromatic nitrogens is 12. The Hall–Kier alpha value is -6.86. The van der Waals surface area contributed by atoms with Crippen LogP contribution in [0.4, 0.5) is 11.6 Å². The number of imidazole rings is 2. The molecule has 16 nitrogen and oxygen atoms in total. The maximum atomic E-state index is 6.10. The number of nitrogens with zero attached hydrogens (tertiary/aromatic N) is 12. The van der Waals surface area contributed by atoms with E-state index < -0.39 is 0 Å². The maximum absolute atomic E-state index is 6.10. The number of hydrogen-bond donors (Lipinski definition) is 2. The first-order valence-corrected chi connectivity index (χ1v) is 21.8. The molecular formula is C44H42N14O2S2. The Morgan fingerprint density at radius 3 is 1.71 bits per heavy atom. The van der Waals surface area contributed by atoms with Crippen LogP contribution in [0.2, 0.25) is 0 Å². The Morgan fingerprint density at radius 1 is 0.581 bits per heavy atom. The molecule has 6 heterocycles. The minimum Gasteiger partial charge on any atom is -0.382 e. The summed E-state index contributed by atoms with van der Waals surface area (Å²) < 4.78 is 19.6. The summed E-state index contributed by atoms with van der Waals surface area (Å²) in [4.78, 5) is 20.2. The number of thioether (sulfide) groups is 2. The molecule has 18 heteroatoms. The highest BCUT2D eigenvalue weighted by Gasteiger charge is 2.14. The minimum atomic E-state index is 0.410. The zero-order valence-electron chi connectivity index (χ0n) is 33.5. The second-order valence-corrected chi connectivity index (χ2v) is 16.1. The summed E-state index contributed by atoms with van der Waals surface area (Å²) in [5, 5.41) is 18.6. The van der Waals surface area contributed by atoms with Crippen LogP contribution in [0, 0.1) is 0 Å². The number of hydrogen-bond acceptors (Lipinski definition) is 14. The van der Waals surface area contributed by atoms with Gasteiger partial charge in [-0.15, -0.1) is 33.7 Å². The number of benzene rings is 4. The van der Waals surface area contributed by atoms with E-state index in [2.05, 4.69) is 74.0 Å². The molecule has 0 amide bonds. The van der Waals surface area contributed by atoms with Gasteiger partial charge in [-0.3, -0.25) is 0 Å². The van der Waals surface area contributed by atoms with E-state index in [0.29, 0.717) is 62.9 Å². The summed E-state index contributed by atoms with van der Waals surface area (Å²) in [7, 11) is 0. The third kappa shape index (κ3) is 9.37. The number of rotatable bonds is 16. The van der Waals surface area contributed by atoms with Gasteiger partial charge >= 0.3 is 0 Å². The monoisotopic (exact) mass is 862 g/mol. The van der Waals surface area contributed by atoms with E-state index in [9.17, 15) is 0 Å². The van der Waals surface area contributed by atoms with Crippen molar-refractivity contribution in [2.24, 2.45) is 0 Å². The van der Waals surface area contributed by atoms with Crippen LogP contribution in [-0.4, -0.2) is 72.3 Å². The lowest BCUT2D eigenvalue weighted by molar-refractivity contribution is 0.109. The molecule has 0 bridgehead atoms. The van der Waals surface area contributed by atoms with Gasteiger partial charge in [0.25, 0.3) is 0 Å². The molecule has 0 aliphatic heterocycles. The quantitative estimate of drug-likeness (QED) is 0.0719. The van der Waals surface area contributed by atoms with Crippen molar-refractivity contribution in [2.75, 3.05) is 24.7 Å². The molecule has 0 unspecified atom stereocenters. The standard InChI is InChI=1S/2C22H21N7OS/c23-22-20-21(18-8-4-5-9-19(18)25-22)28(14-24-20)10-11-30-13-16-12-29(27-26-16)15-31-17-6-2-1-3-7-17;23-22-20-21(18-8-4-5-9-19(18)26-22)28(14-24-20)10-11-30-13-16-12-25-27-29(16)15-31-17-6-2-1-3-7-17/h1-9,12,14H,10-11,13,15H2,(H2,23,25);1-9,12,14H,10-11,13,15H2,(H2,23,26). The van der Waals surface area contributed by atoms with E-state index in [1.54, 1.807) is 42.4 Å². The van der Waals surface area contributed by atoms with E-state index in [0.717, 1.165) is 55.3 Å². The summed E-state index contributed by atoms with van der Waals surface area (Å²) in [6.45, 7) is 3.21. The molecule has 4 N–H and O–H groups in total. The fraction of sp³-hybridized carbons (Fsp3) is 0.182. The van der Waals surface area contributed by atoms with E-state index in [-0.39, 0.29) is 0 Å².